The second kappa shape index (κ2) is 7.56. The number of benzene rings is 2. The van der Waals surface area contributed by atoms with Crippen molar-refractivity contribution >= 4 is 12.4 Å². The van der Waals surface area contributed by atoms with E-state index in [2.05, 4.69) is 53.4 Å². The number of ether oxygens (including phenoxy) is 2. The summed E-state index contributed by atoms with van der Waals surface area (Å²) in [6.45, 7) is 2.81. The summed E-state index contributed by atoms with van der Waals surface area (Å²) in [6, 6.07) is 17.6. The maximum Gasteiger partial charge on any atom is 0.119 e. The van der Waals surface area contributed by atoms with Crippen molar-refractivity contribution < 1.29 is 9.47 Å². The van der Waals surface area contributed by atoms with Crippen molar-refractivity contribution in [3.8, 4) is 5.75 Å². The molecule has 0 amide bonds. The second-order valence-corrected chi connectivity index (χ2v) is 6.42. The topological polar surface area (TPSA) is 21.7 Å². The molecular weight excluding hydrogens is 322 g/mol. The molecule has 2 aromatic carbocycles. The van der Waals surface area contributed by atoms with Crippen LogP contribution in [0.2, 0.25) is 0 Å². The molecule has 2 atom stereocenters. The van der Waals surface area contributed by atoms with E-state index in [1.54, 1.807) is 7.11 Å². The quantitative estimate of drug-likeness (QED) is 0.839. The maximum atomic E-state index is 6.18. The average Bonchev–Trinajstić information content (AvgIpc) is 2.62. The first-order chi connectivity index (χ1) is 11.3. The number of methoxy groups -OCH3 is 1. The molecule has 2 aromatic rings. The highest BCUT2D eigenvalue weighted by Gasteiger charge is 2.37. The summed E-state index contributed by atoms with van der Waals surface area (Å²) < 4.78 is 11.6. The van der Waals surface area contributed by atoms with E-state index in [1.165, 1.54) is 16.7 Å². The molecule has 0 spiro atoms. The maximum absolute atomic E-state index is 6.18. The Bertz CT molecular complexity index is 677. The van der Waals surface area contributed by atoms with Crippen LogP contribution >= 0.6 is 12.4 Å². The zero-order chi connectivity index (χ0) is 15.6. The number of hydrogen-bond acceptors (Lipinski definition) is 3. The van der Waals surface area contributed by atoms with Gasteiger partial charge in [-0.3, -0.25) is 4.90 Å². The molecular formula is C20H24ClNO2. The van der Waals surface area contributed by atoms with E-state index in [9.17, 15) is 0 Å². The van der Waals surface area contributed by atoms with E-state index in [0.717, 1.165) is 38.3 Å². The van der Waals surface area contributed by atoms with Gasteiger partial charge in [-0.2, -0.15) is 0 Å². The largest absolute Gasteiger partial charge is 0.497 e. The minimum atomic E-state index is 0. The Kier molecular flexibility index (Phi) is 5.44. The zero-order valence-electron chi connectivity index (χ0n) is 14.0. The Morgan fingerprint density at radius 3 is 2.79 bits per heavy atom. The van der Waals surface area contributed by atoms with E-state index in [1.807, 2.05) is 0 Å². The number of rotatable bonds is 3. The third-order valence-electron chi connectivity index (χ3n) is 5.09. The second-order valence-electron chi connectivity index (χ2n) is 6.42. The standard InChI is InChI=1S/C20H23NO2.ClH/c1-22-17-9-7-16-8-10-19-20(18(16)13-17)23-12-11-21(19)14-15-5-3-2-4-6-15;/h2-7,9,13,19-20H,8,10-12,14H2,1H3;1H/t19-,20-;/m1./s1. The van der Waals surface area contributed by atoms with Crippen LogP contribution in [0.15, 0.2) is 48.5 Å². The van der Waals surface area contributed by atoms with Crippen LogP contribution in [0, 0.1) is 0 Å². The van der Waals surface area contributed by atoms with E-state index in [-0.39, 0.29) is 18.5 Å². The average molecular weight is 346 g/mol. The molecule has 0 unspecified atom stereocenters. The van der Waals surface area contributed by atoms with E-state index >= 15 is 0 Å². The van der Waals surface area contributed by atoms with Gasteiger partial charge in [0.25, 0.3) is 0 Å². The molecule has 0 N–H and O–H groups in total. The SMILES string of the molecule is COc1ccc2c(c1)[C@H]1OCCN(Cc3ccccc3)[C@@H]1CC2.Cl. The van der Waals surface area contributed by atoms with Gasteiger partial charge < -0.3 is 9.47 Å². The summed E-state index contributed by atoms with van der Waals surface area (Å²) in [7, 11) is 1.73. The molecule has 1 aliphatic heterocycles. The van der Waals surface area contributed by atoms with Crippen LogP contribution in [0.1, 0.15) is 29.2 Å². The van der Waals surface area contributed by atoms with Crippen molar-refractivity contribution in [3.63, 3.8) is 0 Å². The van der Waals surface area contributed by atoms with Crippen LogP contribution < -0.4 is 4.74 Å². The Labute approximate surface area is 150 Å². The van der Waals surface area contributed by atoms with E-state index in [4.69, 9.17) is 9.47 Å². The lowest BCUT2D eigenvalue weighted by Gasteiger charge is -2.44. The van der Waals surface area contributed by atoms with Gasteiger partial charge in [-0.05, 0) is 41.7 Å². The van der Waals surface area contributed by atoms with Gasteiger partial charge >= 0.3 is 0 Å². The molecule has 1 fully saturated rings. The van der Waals surface area contributed by atoms with Gasteiger partial charge in [0, 0.05) is 19.1 Å². The Balaban J connectivity index is 0.00000169. The van der Waals surface area contributed by atoms with Gasteiger partial charge in [-0.15, -0.1) is 12.4 Å². The van der Waals surface area contributed by atoms with Crippen LogP contribution in [0.25, 0.3) is 0 Å². The van der Waals surface area contributed by atoms with Crippen molar-refractivity contribution in [2.24, 2.45) is 0 Å². The van der Waals surface area contributed by atoms with Crippen molar-refractivity contribution in [1.82, 2.24) is 4.90 Å². The molecule has 1 heterocycles. The number of fused-ring (bicyclic) bond motifs is 3. The Morgan fingerprint density at radius 1 is 1.17 bits per heavy atom. The molecule has 0 radical (unpaired) electrons. The van der Waals surface area contributed by atoms with Crippen LogP contribution in [-0.2, 0) is 17.7 Å². The van der Waals surface area contributed by atoms with Crippen LogP contribution in [-0.4, -0.2) is 31.2 Å². The predicted molar refractivity (Wildman–Crippen MR) is 97.9 cm³/mol. The fourth-order valence-electron chi connectivity index (χ4n) is 3.91. The number of hydrogen-bond donors (Lipinski definition) is 0. The van der Waals surface area contributed by atoms with E-state index < -0.39 is 0 Å². The monoisotopic (exact) mass is 345 g/mol. The lowest BCUT2D eigenvalue weighted by molar-refractivity contribution is -0.0836. The lowest BCUT2D eigenvalue weighted by atomic mass is 9.84. The molecule has 4 rings (SSSR count). The molecule has 0 aromatic heterocycles. The highest BCUT2D eigenvalue weighted by Crippen LogP contribution is 2.39. The van der Waals surface area contributed by atoms with Gasteiger partial charge in [0.15, 0.2) is 0 Å². The van der Waals surface area contributed by atoms with Gasteiger partial charge in [-0.1, -0.05) is 36.4 Å². The van der Waals surface area contributed by atoms with Gasteiger partial charge in [-0.25, -0.2) is 0 Å². The summed E-state index contributed by atoms with van der Waals surface area (Å²) >= 11 is 0. The fraction of sp³-hybridized carbons (Fsp3) is 0.400. The summed E-state index contributed by atoms with van der Waals surface area (Å²) in [4.78, 5) is 2.59. The molecule has 128 valence electrons. The van der Waals surface area contributed by atoms with Crippen LogP contribution in [0.5, 0.6) is 5.75 Å². The molecule has 0 bridgehead atoms. The molecule has 1 aliphatic carbocycles. The molecule has 2 aliphatic rings. The zero-order valence-corrected chi connectivity index (χ0v) is 14.8. The third kappa shape index (κ3) is 3.30. The molecule has 1 saturated heterocycles. The van der Waals surface area contributed by atoms with Crippen molar-refractivity contribution in [1.29, 1.82) is 0 Å². The molecule has 0 saturated carbocycles. The molecule has 3 nitrogen and oxygen atoms in total. The minimum absolute atomic E-state index is 0. The first-order valence-corrected chi connectivity index (χ1v) is 8.41. The highest BCUT2D eigenvalue weighted by atomic mass is 35.5. The lowest BCUT2D eigenvalue weighted by Crippen LogP contribution is -2.48. The molecule has 24 heavy (non-hydrogen) atoms. The summed E-state index contributed by atoms with van der Waals surface area (Å²) in [5, 5.41) is 0. The molecule has 4 heteroatoms. The Hall–Kier alpha value is -1.55. The van der Waals surface area contributed by atoms with Gasteiger partial charge in [0.1, 0.15) is 5.75 Å². The van der Waals surface area contributed by atoms with Crippen molar-refractivity contribution in [2.75, 3.05) is 20.3 Å². The van der Waals surface area contributed by atoms with Gasteiger partial charge in [0.05, 0.1) is 19.8 Å². The summed E-state index contributed by atoms with van der Waals surface area (Å²) in [5.41, 5.74) is 4.11. The first kappa shape index (κ1) is 17.3. The van der Waals surface area contributed by atoms with Crippen LogP contribution in [0.4, 0.5) is 0 Å². The van der Waals surface area contributed by atoms with E-state index in [0.29, 0.717) is 6.04 Å². The highest BCUT2D eigenvalue weighted by molar-refractivity contribution is 5.85. The normalized spacial score (nSPS) is 22.9. The number of halogens is 1. The van der Waals surface area contributed by atoms with Crippen molar-refractivity contribution in [2.45, 2.75) is 31.5 Å². The number of aryl methyl sites for hydroxylation is 1. The van der Waals surface area contributed by atoms with Crippen LogP contribution in [0.3, 0.4) is 0 Å². The Morgan fingerprint density at radius 2 is 2.00 bits per heavy atom. The summed E-state index contributed by atoms with van der Waals surface area (Å²) in [6.07, 6.45) is 2.46. The number of nitrogens with zero attached hydrogens (tertiary/aromatic N) is 1. The summed E-state index contributed by atoms with van der Waals surface area (Å²) in [5.74, 6) is 0.924. The minimum Gasteiger partial charge on any atom is -0.497 e. The number of morpholine rings is 1. The predicted octanol–water partition coefficient (Wildman–Crippen LogP) is 4.01. The van der Waals surface area contributed by atoms with Gasteiger partial charge in [0.2, 0.25) is 0 Å². The fourth-order valence-corrected chi connectivity index (χ4v) is 3.91. The smallest absolute Gasteiger partial charge is 0.119 e. The third-order valence-corrected chi connectivity index (χ3v) is 5.09. The first-order valence-electron chi connectivity index (χ1n) is 8.41. The van der Waals surface area contributed by atoms with Crippen molar-refractivity contribution in [3.05, 3.63) is 65.2 Å².